The van der Waals surface area contributed by atoms with E-state index in [4.69, 9.17) is 0 Å². The number of aryl methyl sites for hydroxylation is 3. The predicted octanol–water partition coefficient (Wildman–Crippen LogP) is 5.24. The molecule has 0 aliphatic carbocycles. The standard InChI is InChI=1S/C25H21FN4O2S/c1-15-7-9-18(10-8-15)30-25(32)22-16(2)33-14-19(22)23(28-30)24(31)27-21-13-17-5-3-4-6-20(17)29(21)12-11-26/h3-10,13-14H,11-12H2,1-2H3,(H,27,31). The second-order valence-corrected chi connectivity index (χ2v) is 8.95. The van der Waals surface area contributed by atoms with Crippen molar-refractivity contribution in [1.29, 1.82) is 0 Å². The van der Waals surface area contributed by atoms with Crippen LogP contribution in [0.4, 0.5) is 10.2 Å². The van der Waals surface area contributed by atoms with Crippen LogP contribution in [0, 0.1) is 13.8 Å². The monoisotopic (exact) mass is 460 g/mol. The third-order valence-corrected chi connectivity index (χ3v) is 6.60. The number of amides is 1. The molecule has 166 valence electrons. The zero-order valence-electron chi connectivity index (χ0n) is 18.1. The molecule has 5 rings (SSSR count). The van der Waals surface area contributed by atoms with Gasteiger partial charge in [0.1, 0.15) is 12.5 Å². The van der Waals surface area contributed by atoms with Crippen LogP contribution in [0.1, 0.15) is 20.9 Å². The number of halogens is 1. The summed E-state index contributed by atoms with van der Waals surface area (Å²) in [6.45, 7) is 3.37. The van der Waals surface area contributed by atoms with Gasteiger partial charge in [0.05, 0.1) is 17.6 Å². The van der Waals surface area contributed by atoms with Gasteiger partial charge in [0.2, 0.25) is 0 Å². The van der Waals surface area contributed by atoms with Gasteiger partial charge in [-0.3, -0.25) is 9.59 Å². The van der Waals surface area contributed by atoms with E-state index in [0.29, 0.717) is 22.3 Å². The van der Waals surface area contributed by atoms with Crippen molar-refractivity contribution in [2.45, 2.75) is 20.4 Å². The molecule has 0 saturated carbocycles. The number of nitrogens with one attached hydrogen (secondary N) is 1. The van der Waals surface area contributed by atoms with Gasteiger partial charge in [0.25, 0.3) is 11.5 Å². The molecule has 6 nitrogen and oxygen atoms in total. The highest BCUT2D eigenvalue weighted by atomic mass is 32.1. The van der Waals surface area contributed by atoms with Gasteiger partial charge in [-0.1, -0.05) is 35.9 Å². The molecule has 8 heteroatoms. The van der Waals surface area contributed by atoms with Gasteiger partial charge in [-0.05, 0) is 38.1 Å². The number of thiophene rings is 1. The first kappa shape index (κ1) is 21.1. The molecular weight excluding hydrogens is 439 g/mol. The fourth-order valence-corrected chi connectivity index (χ4v) is 4.88. The van der Waals surface area contributed by atoms with Crippen LogP contribution in [0.3, 0.4) is 0 Å². The lowest BCUT2D eigenvalue weighted by Gasteiger charge is -2.12. The van der Waals surface area contributed by atoms with Crippen LogP contribution in [-0.4, -0.2) is 26.9 Å². The van der Waals surface area contributed by atoms with E-state index in [-0.39, 0.29) is 17.8 Å². The summed E-state index contributed by atoms with van der Waals surface area (Å²) in [5, 5.41) is 11.0. The third-order valence-electron chi connectivity index (χ3n) is 5.69. The number of alkyl halides is 1. The van der Waals surface area contributed by atoms with Crippen molar-refractivity contribution in [3.05, 3.63) is 86.5 Å². The lowest BCUT2D eigenvalue weighted by Crippen LogP contribution is -2.26. The summed E-state index contributed by atoms with van der Waals surface area (Å²) in [5.74, 6) is 0.0235. The zero-order chi connectivity index (χ0) is 23.1. The Hall–Kier alpha value is -3.78. The minimum atomic E-state index is -0.563. The molecule has 1 N–H and O–H groups in total. The number of hydrogen-bond acceptors (Lipinski definition) is 4. The molecule has 3 heterocycles. The molecule has 0 atom stereocenters. The molecular formula is C25H21FN4O2S. The van der Waals surface area contributed by atoms with Gasteiger partial charge < -0.3 is 9.88 Å². The number of para-hydroxylation sites is 1. The van der Waals surface area contributed by atoms with Crippen LogP contribution in [0.2, 0.25) is 0 Å². The van der Waals surface area contributed by atoms with E-state index < -0.39 is 12.6 Å². The zero-order valence-corrected chi connectivity index (χ0v) is 18.9. The second-order valence-electron chi connectivity index (χ2n) is 7.86. The molecule has 0 bridgehead atoms. The maximum atomic E-state index is 13.4. The maximum absolute atomic E-state index is 13.4. The number of rotatable bonds is 5. The quantitative estimate of drug-likeness (QED) is 0.390. The van der Waals surface area contributed by atoms with E-state index in [1.165, 1.54) is 16.0 Å². The minimum Gasteiger partial charge on any atom is -0.325 e. The van der Waals surface area contributed by atoms with Gasteiger partial charge in [-0.2, -0.15) is 9.78 Å². The molecule has 0 aliphatic heterocycles. The summed E-state index contributed by atoms with van der Waals surface area (Å²) in [6, 6.07) is 16.8. The number of aromatic nitrogens is 3. The molecule has 0 spiro atoms. The third kappa shape index (κ3) is 3.62. The molecule has 0 saturated heterocycles. The van der Waals surface area contributed by atoms with Crippen molar-refractivity contribution >= 4 is 44.7 Å². The summed E-state index contributed by atoms with van der Waals surface area (Å²) >= 11 is 1.40. The minimum absolute atomic E-state index is 0.117. The number of carbonyl (C=O) groups is 1. The molecule has 0 aliphatic rings. The topological polar surface area (TPSA) is 68.9 Å². The van der Waals surface area contributed by atoms with Gasteiger partial charge in [0.15, 0.2) is 5.69 Å². The van der Waals surface area contributed by atoms with Crippen molar-refractivity contribution in [2.75, 3.05) is 12.0 Å². The van der Waals surface area contributed by atoms with Crippen LogP contribution >= 0.6 is 11.3 Å². The maximum Gasteiger partial charge on any atom is 0.280 e. The van der Waals surface area contributed by atoms with Gasteiger partial charge >= 0.3 is 0 Å². The Morgan fingerprint density at radius 3 is 2.64 bits per heavy atom. The number of nitrogens with zero attached hydrogens (tertiary/aromatic N) is 3. The van der Waals surface area contributed by atoms with Crippen LogP contribution in [0.25, 0.3) is 27.4 Å². The normalized spacial score (nSPS) is 11.4. The fraction of sp³-hybridized carbons (Fsp3) is 0.160. The molecule has 3 aromatic heterocycles. The van der Waals surface area contributed by atoms with Gasteiger partial charge in [-0.25, -0.2) is 4.39 Å². The SMILES string of the molecule is Cc1ccc(-n2nc(C(=O)Nc3cc4ccccc4n3CCF)c3csc(C)c3c2=O)cc1. The molecule has 0 fully saturated rings. The molecule has 0 unspecified atom stereocenters. The summed E-state index contributed by atoms with van der Waals surface area (Å²) in [7, 11) is 0. The van der Waals surface area contributed by atoms with E-state index in [0.717, 1.165) is 21.3 Å². The lowest BCUT2D eigenvalue weighted by atomic mass is 10.2. The lowest BCUT2D eigenvalue weighted by molar-refractivity contribution is 0.102. The first-order valence-electron chi connectivity index (χ1n) is 10.5. The predicted molar refractivity (Wildman–Crippen MR) is 131 cm³/mol. The Morgan fingerprint density at radius 2 is 1.88 bits per heavy atom. The summed E-state index contributed by atoms with van der Waals surface area (Å²) in [6.07, 6.45) is 0. The number of hydrogen-bond donors (Lipinski definition) is 1. The summed E-state index contributed by atoms with van der Waals surface area (Å²) < 4.78 is 16.3. The van der Waals surface area contributed by atoms with E-state index in [9.17, 15) is 14.0 Å². The van der Waals surface area contributed by atoms with Crippen molar-refractivity contribution in [3.63, 3.8) is 0 Å². The smallest absolute Gasteiger partial charge is 0.280 e. The average Bonchev–Trinajstić information content (AvgIpc) is 3.36. The highest BCUT2D eigenvalue weighted by Crippen LogP contribution is 2.27. The molecule has 5 aromatic rings. The van der Waals surface area contributed by atoms with Crippen LogP contribution in [0.5, 0.6) is 0 Å². The fourth-order valence-electron chi connectivity index (χ4n) is 4.04. The first-order valence-corrected chi connectivity index (χ1v) is 11.4. The van der Waals surface area contributed by atoms with Gasteiger partial charge in [0, 0.05) is 26.5 Å². The number of benzene rings is 2. The Labute approximate surface area is 192 Å². The highest BCUT2D eigenvalue weighted by molar-refractivity contribution is 7.11. The largest absolute Gasteiger partial charge is 0.325 e. The van der Waals surface area contributed by atoms with E-state index in [1.54, 1.807) is 22.1 Å². The Balaban J connectivity index is 1.64. The second kappa shape index (κ2) is 8.29. The molecule has 33 heavy (non-hydrogen) atoms. The summed E-state index contributed by atoms with van der Waals surface area (Å²) in [5.41, 5.74) is 2.35. The number of fused-ring (bicyclic) bond motifs is 2. The van der Waals surface area contributed by atoms with Crippen molar-refractivity contribution in [2.24, 2.45) is 0 Å². The van der Waals surface area contributed by atoms with Gasteiger partial charge in [-0.15, -0.1) is 11.3 Å². The van der Waals surface area contributed by atoms with Crippen LogP contribution in [0.15, 0.2) is 64.8 Å². The van der Waals surface area contributed by atoms with E-state index in [1.807, 2.05) is 56.3 Å². The Kier molecular flexibility index (Phi) is 5.30. The average molecular weight is 461 g/mol. The Morgan fingerprint density at radius 1 is 1.12 bits per heavy atom. The van der Waals surface area contributed by atoms with E-state index >= 15 is 0 Å². The van der Waals surface area contributed by atoms with Crippen molar-refractivity contribution in [3.8, 4) is 5.69 Å². The number of carbonyl (C=O) groups excluding carboxylic acids is 1. The molecule has 1 amide bonds. The Bertz CT molecular complexity index is 1560. The molecule has 0 radical (unpaired) electrons. The van der Waals surface area contributed by atoms with Crippen molar-refractivity contribution in [1.82, 2.24) is 14.3 Å². The first-order chi connectivity index (χ1) is 16.0. The van der Waals surface area contributed by atoms with Crippen LogP contribution < -0.4 is 10.9 Å². The highest BCUT2D eigenvalue weighted by Gasteiger charge is 2.21. The summed E-state index contributed by atoms with van der Waals surface area (Å²) in [4.78, 5) is 27.5. The molecule has 2 aromatic carbocycles. The van der Waals surface area contributed by atoms with Crippen LogP contribution in [-0.2, 0) is 6.54 Å². The van der Waals surface area contributed by atoms with Crippen molar-refractivity contribution < 1.29 is 9.18 Å². The van der Waals surface area contributed by atoms with E-state index in [2.05, 4.69) is 10.4 Å². The number of anilines is 1.